The Morgan fingerprint density at radius 2 is 1.74 bits per heavy atom. The molecule has 3 aliphatic rings. The molecule has 0 radical (unpaired) electrons. The topological polar surface area (TPSA) is 76.0 Å². The number of aliphatic hydroxyl groups is 1. The van der Waals surface area contributed by atoms with Crippen LogP contribution in [0.3, 0.4) is 0 Å². The number of hydrogen-bond donors (Lipinski definition) is 2. The van der Waals surface area contributed by atoms with E-state index in [0.717, 1.165) is 37.2 Å². The van der Waals surface area contributed by atoms with Crippen LogP contribution in [0.5, 0.6) is 11.5 Å². The summed E-state index contributed by atoms with van der Waals surface area (Å²) in [5.41, 5.74) is 1.45. The second kappa shape index (κ2) is 9.01. The van der Waals surface area contributed by atoms with Gasteiger partial charge in [-0.1, -0.05) is 30.3 Å². The van der Waals surface area contributed by atoms with Crippen LogP contribution in [0.1, 0.15) is 44.1 Å². The molecule has 5 rings (SSSR count). The van der Waals surface area contributed by atoms with E-state index in [1.165, 1.54) is 18.4 Å². The van der Waals surface area contributed by atoms with E-state index in [0.29, 0.717) is 12.5 Å². The van der Waals surface area contributed by atoms with Gasteiger partial charge < -0.3 is 19.7 Å². The SMILES string of the molecule is COCC1(CO)CCC2(c3cccc(Oc4ccccc4)c3)CCC12.O=C(O)C1CC1. The van der Waals surface area contributed by atoms with Crippen molar-refractivity contribution in [2.24, 2.45) is 17.3 Å². The molecule has 5 nitrogen and oxygen atoms in total. The summed E-state index contributed by atoms with van der Waals surface area (Å²) < 4.78 is 11.5. The molecule has 3 saturated carbocycles. The molecule has 5 heteroatoms. The monoisotopic (exact) mass is 424 g/mol. The quantitative estimate of drug-likeness (QED) is 0.652. The van der Waals surface area contributed by atoms with Crippen LogP contribution in [0, 0.1) is 17.3 Å². The number of hydrogen-bond acceptors (Lipinski definition) is 4. The lowest BCUT2D eigenvalue weighted by Gasteiger charge is -2.51. The maximum Gasteiger partial charge on any atom is 0.306 e. The molecule has 2 N–H and O–H groups in total. The van der Waals surface area contributed by atoms with Gasteiger partial charge in [0.2, 0.25) is 0 Å². The maximum absolute atomic E-state index is 10.1. The highest BCUT2D eigenvalue weighted by molar-refractivity contribution is 5.72. The molecule has 3 atom stereocenters. The lowest BCUT2D eigenvalue weighted by Crippen LogP contribution is -2.49. The Bertz CT molecular complexity index is 894. The zero-order valence-electron chi connectivity index (χ0n) is 18.1. The first-order valence-electron chi connectivity index (χ1n) is 11.2. The van der Waals surface area contributed by atoms with Crippen LogP contribution in [-0.2, 0) is 14.9 Å². The smallest absolute Gasteiger partial charge is 0.306 e. The highest BCUT2D eigenvalue weighted by Crippen LogP contribution is 2.66. The highest BCUT2D eigenvalue weighted by Gasteiger charge is 2.62. The average Bonchev–Trinajstić information content (AvgIpc) is 3.58. The molecule has 3 unspecified atom stereocenters. The van der Waals surface area contributed by atoms with E-state index in [9.17, 15) is 9.90 Å². The van der Waals surface area contributed by atoms with Gasteiger partial charge in [0, 0.05) is 12.5 Å². The minimum atomic E-state index is -0.630. The maximum atomic E-state index is 10.1. The lowest BCUT2D eigenvalue weighted by molar-refractivity contribution is -0.138. The van der Waals surface area contributed by atoms with Crippen molar-refractivity contribution >= 4 is 5.97 Å². The molecule has 0 spiro atoms. The molecule has 0 aromatic heterocycles. The molecule has 2 aromatic rings. The Morgan fingerprint density at radius 1 is 1.00 bits per heavy atom. The number of carboxylic acids is 1. The number of carboxylic acid groups (broad SMARTS) is 1. The summed E-state index contributed by atoms with van der Waals surface area (Å²) in [5.74, 6) is 1.63. The van der Waals surface area contributed by atoms with Crippen molar-refractivity contribution in [2.45, 2.75) is 43.9 Å². The predicted octanol–water partition coefficient (Wildman–Crippen LogP) is 5.03. The van der Waals surface area contributed by atoms with Crippen molar-refractivity contribution in [2.75, 3.05) is 20.3 Å². The molecule has 0 aliphatic heterocycles. The Morgan fingerprint density at radius 3 is 2.29 bits per heavy atom. The van der Waals surface area contributed by atoms with Crippen LogP contribution >= 0.6 is 0 Å². The van der Waals surface area contributed by atoms with E-state index < -0.39 is 5.97 Å². The van der Waals surface area contributed by atoms with Gasteiger partial charge in [-0.05, 0) is 79.7 Å². The third-order valence-electron chi connectivity index (χ3n) is 7.42. The molecule has 0 bridgehead atoms. The highest BCUT2D eigenvalue weighted by atomic mass is 16.5. The van der Waals surface area contributed by atoms with Gasteiger partial charge in [0.25, 0.3) is 0 Å². The molecule has 0 amide bonds. The summed E-state index contributed by atoms with van der Waals surface area (Å²) in [6.45, 7) is 0.865. The molecule has 2 aromatic carbocycles. The number of para-hydroxylation sites is 1. The number of aliphatic carboxylic acids is 1. The van der Waals surface area contributed by atoms with Crippen molar-refractivity contribution < 1.29 is 24.5 Å². The Balaban J connectivity index is 0.000000334. The van der Waals surface area contributed by atoms with Crippen LogP contribution in [0.4, 0.5) is 0 Å². The molecule has 166 valence electrons. The largest absolute Gasteiger partial charge is 0.481 e. The van der Waals surface area contributed by atoms with Crippen molar-refractivity contribution in [3.63, 3.8) is 0 Å². The summed E-state index contributed by atoms with van der Waals surface area (Å²) in [6, 6.07) is 18.4. The van der Waals surface area contributed by atoms with E-state index >= 15 is 0 Å². The van der Waals surface area contributed by atoms with Gasteiger partial charge in [-0.25, -0.2) is 0 Å². The standard InChI is InChI=1S/C22H26O3.C4H6O2/c1-24-16-21(15-23)12-13-22(11-10-20(21)22)17-6-5-9-19(14-17)25-18-7-3-2-4-8-18;5-4(6)3-1-2-3/h2-9,14,20,23H,10-13,15-16H2,1H3;3H,1-2H2,(H,5,6). The number of ether oxygens (including phenoxy) is 2. The number of methoxy groups -OCH3 is 1. The zero-order chi connectivity index (χ0) is 21.9. The Hall–Kier alpha value is -2.37. The Labute approximate surface area is 184 Å². The number of benzene rings is 2. The van der Waals surface area contributed by atoms with E-state index in [1.54, 1.807) is 7.11 Å². The van der Waals surface area contributed by atoms with Crippen LogP contribution in [0.15, 0.2) is 54.6 Å². The fourth-order valence-electron chi connectivity index (χ4n) is 5.48. The van der Waals surface area contributed by atoms with Gasteiger partial charge in [-0.15, -0.1) is 0 Å². The van der Waals surface area contributed by atoms with E-state index in [2.05, 4.69) is 18.2 Å². The first-order chi connectivity index (χ1) is 15.0. The third-order valence-corrected chi connectivity index (χ3v) is 7.42. The van der Waals surface area contributed by atoms with Gasteiger partial charge in [-0.2, -0.15) is 0 Å². The van der Waals surface area contributed by atoms with Crippen molar-refractivity contribution in [1.29, 1.82) is 0 Å². The molecule has 31 heavy (non-hydrogen) atoms. The summed E-state index contributed by atoms with van der Waals surface area (Å²) in [6.07, 6.45) is 6.32. The van der Waals surface area contributed by atoms with Gasteiger partial charge in [0.15, 0.2) is 0 Å². The lowest BCUT2D eigenvalue weighted by atomic mass is 9.53. The molecular weight excluding hydrogens is 392 g/mol. The predicted molar refractivity (Wildman–Crippen MR) is 118 cm³/mol. The number of aliphatic hydroxyl groups excluding tert-OH is 1. The van der Waals surface area contributed by atoms with Crippen LogP contribution < -0.4 is 4.74 Å². The van der Waals surface area contributed by atoms with Gasteiger partial charge in [0.05, 0.1) is 19.1 Å². The molecule has 3 aliphatic carbocycles. The van der Waals surface area contributed by atoms with E-state index in [1.807, 2.05) is 36.4 Å². The van der Waals surface area contributed by atoms with E-state index in [4.69, 9.17) is 14.6 Å². The Kier molecular flexibility index (Phi) is 6.35. The molecular formula is C26H32O5. The van der Waals surface area contributed by atoms with Gasteiger partial charge in [0.1, 0.15) is 11.5 Å². The summed E-state index contributed by atoms with van der Waals surface area (Å²) in [5, 5.41) is 18.1. The first-order valence-corrected chi connectivity index (χ1v) is 11.2. The fourth-order valence-corrected chi connectivity index (χ4v) is 5.48. The first kappa shape index (κ1) is 21.8. The number of carbonyl (C=O) groups is 1. The number of rotatable bonds is 7. The zero-order valence-corrected chi connectivity index (χ0v) is 18.1. The van der Waals surface area contributed by atoms with E-state index in [-0.39, 0.29) is 23.4 Å². The average molecular weight is 425 g/mol. The van der Waals surface area contributed by atoms with Gasteiger partial charge >= 0.3 is 5.97 Å². The summed E-state index contributed by atoms with van der Waals surface area (Å²) in [4.78, 5) is 9.76. The second-order valence-electron chi connectivity index (χ2n) is 9.26. The van der Waals surface area contributed by atoms with Crippen LogP contribution in [0.25, 0.3) is 0 Å². The minimum Gasteiger partial charge on any atom is -0.481 e. The normalized spacial score (nSPS) is 28.6. The second-order valence-corrected chi connectivity index (χ2v) is 9.26. The van der Waals surface area contributed by atoms with Crippen LogP contribution in [-0.4, -0.2) is 36.5 Å². The van der Waals surface area contributed by atoms with Crippen LogP contribution in [0.2, 0.25) is 0 Å². The molecule has 0 heterocycles. The fraction of sp³-hybridized carbons (Fsp3) is 0.500. The third kappa shape index (κ3) is 4.35. The van der Waals surface area contributed by atoms with Crippen molar-refractivity contribution in [3.05, 3.63) is 60.2 Å². The van der Waals surface area contributed by atoms with Crippen molar-refractivity contribution in [1.82, 2.24) is 0 Å². The van der Waals surface area contributed by atoms with Crippen molar-refractivity contribution in [3.8, 4) is 11.5 Å². The number of fused-ring (bicyclic) bond motifs is 1. The molecule has 0 saturated heterocycles. The molecule has 3 fully saturated rings. The minimum absolute atomic E-state index is 0.0185. The summed E-state index contributed by atoms with van der Waals surface area (Å²) >= 11 is 0. The summed E-state index contributed by atoms with van der Waals surface area (Å²) in [7, 11) is 1.74. The van der Waals surface area contributed by atoms with Gasteiger partial charge in [-0.3, -0.25) is 4.79 Å².